The number of carboxylic acids is 1. The highest BCUT2D eigenvalue weighted by molar-refractivity contribution is 5.66. The molecule has 0 spiro atoms. The molecule has 28 heavy (non-hydrogen) atoms. The molecule has 0 saturated heterocycles. The Morgan fingerprint density at radius 1 is 0.714 bits per heavy atom. The molecule has 1 atom stereocenters. The number of nitrogens with zero attached hydrogens (tertiary/aromatic N) is 1. The molecule has 0 rings (SSSR count). The van der Waals surface area contributed by atoms with E-state index >= 15 is 0 Å². The minimum atomic E-state index is -0.653. The molecule has 4 nitrogen and oxygen atoms in total. The standard InChI is InChI=1S/C18H36O2.C6H16N2/c1-2-3-4-5-6-7-8-9-10-11-12-13-14-15-16-17-18(19)20;1-4-8(5-2)6(3)7/h2-17H2,1H3,(H,19,20);6H,4-5,7H2,1-3H3. The summed E-state index contributed by atoms with van der Waals surface area (Å²) in [4.78, 5) is 12.5. The molecule has 0 bridgehead atoms. The van der Waals surface area contributed by atoms with Gasteiger partial charge in [0.05, 0.1) is 6.17 Å². The molecular formula is C24H52N2O2. The highest BCUT2D eigenvalue weighted by Gasteiger charge is 2.01. The predicted octanol–water partition coefficient (Wildman–Crippen LogP) is 6.97. The molecule has 170 valence electrons. The Bertz CT molecular complexity index is 305. The van der Waals surface area contributed by atoms with E-state index in [1.807, 2.05) is 6.92 Å². The van der Waals surface area contributed by atoms with Crippen molar-refractivity contribution in [2.24, 2.45) is 5.73 Å². The third-order valence-electron chi connectivity index (χ3n) is 5.38. The smallest absolute Gasteiger partial charge is 0.303 e. The van der Waals surface area contributed by atoms with E-state index < -0.39 is 5.97 Å². The van der Waals surface area contributed by atoms with E-state index in [1.54, 1.807) is 0 Å². The van der Waals surface area contributed by atoms with Crippen LogP contribution < -0.4 is 5.73 Å². The molecule has 3 N–H and O–H groups in total. The Hall–Kier alpha value is -0.610. The molecule has 0 aliphatic rings. The minimum Gasteiger partial charge on any atom is -0.481 e. The number of hydrogen-bond acceptors (Lipinski definition) is 3. The second-order valence-corrected chi connectivity index (χ2v) is 8.06. The van der Waals surface area contributed by atoms with Gasteiger partial charge in [0.2, 0.25) is 0 Å². The Morgan fingerprint density at radius 3 is 1.25 bits per heavy atom. The van der Waals surface area contributed by atoms with Gasteiger partial charge in [-0.2, -0.15) is 0 Å². The van der Waals surface area contributed by atoms with Gasteiger partial charge in [0.1, 0.15) is 0 Å². The summed E-state index contributed by atoms with van der Waals surface area (Å²) in [5, 5.41) is 8.52. The molecule has 0 aliphatic carbocycles. The van der Waals surface area contributed by atoms with Crippen molar-refractivity contribution in [1.82, 2.24) is 4.90 Å². The number of carboxylic acid groups (broad SMARTS) is 1. The second kappa shape index (κ2) is 24.4. The van der Waals surface area contributed by atoms with Crippen LogP contribution in [0.5, 0.6) is 0 Å². The van der Waals surface area contributed by atoms with E-state index in [0.717, 1.165) is 25.9 Å². The van der Waals surface area contributed by atoms with Crippen LogP contribution in [0.3, 0.4) is 0 Å². The fraction of sp³-hybridized carbons (Fsp3) is 0.958. The van der Waals surface area contributed by atoms with E-state index in [4.69, 9.17) is 10.8 Å². The number of hydrogen-bond donors (Lipinski definition) is 2. The first-order valence-electron chi connectivity index (χ1n) is 12.2. The Balaban J connectivity index is 0. The summed E-state index contributed by atoms with van der Waals surface area (Å²) < 4.78 is 0. The van der Waals surface area contributed by atoms with Gasteiger partial charge in [-0.1, -0.05) is 111 Å². The summed E-state index contributed by atoms with van der Waals surface area (Å²) >= 11 is 0. The van der Waals surface area contributed by atoms with Crippen molar-refractivity contribution < 1.29 is 9.90 Å². The maximum absolute atomic E-state index is 10.3. The summed E-state index contributed by atoms with van der Waals surface area (Å²) in [5.41, 5.74) is 5.58. The molecule has 0 amide bonds. The van der Waals surface area contributed by atoms with Gasteiger partial charge in [-0.3, -0.25) is 9.69 Å². The lowest BCUT2D eigenvalue weighted by molar-refractivity contribution is -0.137. The molecule has 0 radical (unpaired) electrons. The first kappa shape index (κ1) is 29.6. The first-order valence-corrected chi connectivity index (χ1v) is 12.2. The zero-order valence-corrected chi connectivity index (χ0v) is 19.7. The fourth-order valence-electron chi connectivity index (χ4n) is 3.45. The quantitative estimate of drug-likeness (QED) is 0.181. The van der Waals surface area contributed by atoms with Gasteiger partial charge < -0.3 is 10.8 Å². The van der Waals surface area contributed by atoms with Gasteiger partial charge in [0.25, 0.3) is 0 Å². The van der Waals surface area contributed by atoms with Gasteiger partial charge in [-0.25, -0.2) is 0 Å². The fourth-order valence-corrected chi connectivity index (χ4v) is 3.45. The second-order valence-electron chi connectivity index (χ2n) is 8.06. The van der Waals surface area contributed by atoms with Gasteiger partial charge in [0, 0.05) is 6.42 Å². The Morgan fingerprint density at radius 2 is 1.04 bits per heavy atom. The van der Waals surface area contributed by atoms with Crippen LogP contribution in [0.4, 0.5) is 0 Å². The summed E-state index contributed by atoms with van der Waals surface area (Å²) in [6, 6.07) is 0. The maximum atomic E-state index is 10.3. The van der Waals surface area contributed by atoms with Crippen LogP contribution in [0.15, 0.2) is 0 Å². The van der Waals surface area contributed by atoms with Crippen molar-refractivity contribution in [3.8, 4) is 0 Å². The van der Waals surface area contributed by atoms with E-state index in [-0.39, 0.29) is 6.17 Å². The van der Waals surface area contributed by atoms with Gasteiger partial charge in [0.15, 0.2) is 0 Å². The van der Waals surface area contributed by atoms with Crippen LogP contribution >= 0.6 is 0 Å². The van der Waals surface area contributed by atoms with Crippen LogP contribution in [0, 0.1) is 0 Å². The van der Waals surface area contributed by atoms with Crippen LogP contribution in [0.1, 0.15) is 130 Å². The largest absolute Gasteiger partial charge is 0.481 e. The number of nitrogens with two attached hydrogens (primary N) is 1. The number of carbonyl (C=O) groups is 1. The van der Waals surface area contributed by atoms with Crippen LogP contribution in [0.25, 0.3) is 0 Å². The minimum absolute atomic E-state index is 0.213. The van der Waals surface area contributed by atoms with E-state index in [2.05, 4.69) is 25.7 Å². The van der Waals surface area contributed by atoms with Crippen LogP contribution in [-0.2, 0) is 4.79 Å². The van der Waals surface area contributed by atoms with Gasteiger partial charge in [-0.15, -0.1) is 0 Å². The third kappa shape index (κ3) is 25.4. The average Bonchev–Trinajstić information content (AvgIpc) is 2.66. The summed E-state index contributed by atoms with van der Waals surface area (Å²) in [5.74, 6) is -0.653. The predicted molar refractivity (Wildman–Crippen MR) is 124 cm³/mol. The molecule has 1 unspecified atom stereocenters. The molecule has 0 heterocycles. The summed E-state index contributed by atoms with van der Waals surface area (Å²) in [6.45, 7) is 10.6. The highest BCUT2D eigenvalue weighted by Crippen LogP contribution is 2.13. The molecule has 0 aromatic heterocycles. The molecular weight excluding hydrogens is 348 g/mol. The molecule has 4 heteroatoms. The topological polar surface area (TPSA) is 66.6 Å². The van der Waals surface area contributed by atoms with E-state index in [0.29, 0.717) is 6.42 Å². The molecule has 0 fully saturated rings. The first-order chi connectivity index (χ1) is 13.5. The van der Waals surface area contributed by atoms with Gasteiger partial charge in [-0.05, 0) is 26.4 Å². The van der Waals surface area contributed by atoms with Crippen molar-refractivity contribution in [3.05, 3.63) is 0 Å². The van der Waals surface area contributed by atoms with E-state index in [1.165, 1.54) is 83.5 Å². The number of aliphatic carboxylic acids is 1. The molecule has 0 aromatic carbocycles. The summed E-state index contributed by atoms with van der Waals surface area (Å²) in [7, 11) is 0. The SMILES string of the molecule is CCCCCCCCCCCCCCCCCC(=O)O.CCN(CC)C(C)N. The van der Waals surface area contributed by atoms with Crippen molar-refractivity contribution in [3.63, 3.8) is 0 Å². The zero-order chi connectivity index (χ0) is 21.5. The molecule has 0 aliphatic heterocycles. The Kier molecular flexibility index (Phi) is 25.8. The van der Waals surface area contributed by atoms with E-state index in [9.17, 15) is 4.79 Å². The third-order valence-corrected chi connectivity index (χ3v) is 5.38. The summed E-state index contributed by atoms with van der Waals surface area (Å²) in [6.07, 6.45) is 20.4. The van der Waals surface area contributed by atoms with Crippen LogP contribution in [0.2, 0.25) is 0 Å². The maximum Gasteiger partial charge on any atom is 0.303 e. The lowest BCUT2D eigenvalue weighted by Crippen LogP contribution is -2.39. The van der Waals surface area contributed by atoms with Crippen molar-refractivity contribution in [2.75, 3.05) is 13.1 Å². The lowest BCUT2D eigenvalue weighted by Gasteiger charge is -2.21. The molecule has 0 aromatic rings. The van der Waals surface area contributed by atoms with Crippen molar-refractivity contribution in [1.29, 1.82) is 0 Å². The van der Waals surface area contributed by atoms with Crippen molar-refractivity contribution >= 4 is 5.97 Å². The van der Waals surface area contributed by atoms with Crippen LogP contribution in [-0.4, -0.2) is 35.2 Å². The Labute approximate surface area is 176 Å². The van der Waals surface area contributed by atoms with Crippen molar-refractivity contribution in [2.45, 2.75) is 137 Å². The number of rotatable bonds is 19. The zero-order valence-electron chi connectivity index (χ0n) is 19.7. The monoisotopic (exact) mass is 400 g/mol. The molecule has 0 saturated carbocycles. The average molecular weight is 401 g/mol. The normalized spacial score (nSPS) is 11.9. The van der Waals surface area contributed by atoms with Gasteiger partial charge >= 0.3 is 5.97 Å². The lowest BCUT2D eigenvalue weighted by atomic mass is 10.0. The highest BCUT2D eigenvalue weighted by atomic mass is 16.4. The number of unbranched alkanes of at least 4 members (excludes halogenated alkanes) is 14.